The molecule has 0 amide bonds. The molecule has 0 aliphatic heterocycles. The van der Waals surface area contributed by atoms with Crippen molar-refractivity contribution in [3.8, 4) is 5.69 Å². The van der Waals surface area contributed by atoms with Gasteiger partial charge in [-0.3, -0.25) is 4.57 Å². The summed E-state index contributed by atoms with van der Waals surface area (Å²) in [6, 6.07) is 8.84. The third kappa shape index (κ3) is 1.98. The van der Waals surface area contributed by atoms with Crippen LogP contribution in [0, 0.1) is 19.7 Å². The van der Waals surface area contributed by atoms with Gasteiger partial charge < -0.3 is 5.73 Å². The molecule has 5 heteroatoms. The van der Waals surface area contributed by atoms with Crippen molar-refractivity contribution in [2.45, 2.75) is 13.8 Å². The summed E-state index contributed by atoms with van der Waals surface area (Å²) in [5.74, 6) is 0.512. The number of hydrogen-bond donors (Lipinski definition) is 1. The van der Waals surface area contributed by atoms with Crippen molar-refractivity contribution in [2.75, 3.05) is 5.73 Å². The van der Waals surface area contributed by atoms with Crippen LogP contribution in [0.4, 0.5) is 10.1 Å². The number of aryl methyl sites for hydroxylation is 2. The number of halogens is 2. The lowest BCUT2D eigenvalue weighted by molar-refractivity contribution is 0.619. The molecule has 1 heterocycles. The third-order valence-corrected chi connectivity index (χ3v) is 3.93. The minimum absolute atomic E-state index is 0.290. The molecule has 0 radical (unpaired) electrons. The Morgan fingerprint density at radius 3 is 2.70 bits per heavy atom. The van der Waals surface area contributed by atoms with E-state index in [2.05, 4.69) is 20.9 Å². The molecule has 0 bridgehead atoms. The van der Waals surface area contributed by atoms with Gasteiger partial charge in [0.1, 0.15) is 11.6 Å². The van der Waals surface area contributed by atoms with Crippen molar-refractivity contribution in [1.82, 2.24) is 9.55 Å². The Bertz CT molecular complexity index is 824. The smallest absolute Gasteiger partial charge is 0.139 e. The first-order valence-corrected chi connectivity index (χ1v) is 6.97. The van der Waals surface area contributed by atoms with Gasteiger partial charge >= 0.3 is 0 Å². The molecule has 2 aromatic carbocycles. The number of rotatable bonds is 1. The van der Waals surface area contributed by atoms with Crippen molar-refractivity contribution in [3.05, 3.63) is 52.0 Å². The first-order chi connectivity index (χ1) is 9.47. The summed E-state index contributed by atoms with van der Waals surface area (Å²) in [7, 11) is 0. The summed E-state index contributed by atoms with van der Waals surface area (Å²) >= 11 is 3.20. The van der Waals surface area contributed by atoms with Crippen LogP contribution >= 0.6 is 15.9 Å². The average Bonchev–Trinajstić information content (AvgIpc) is 2.69. The monoisotopic (exact) mass is 333 g/mol. The minimum Gasteiger partial charge on any atom is -0.399 e. The Hall–Kier alpha value is -1.88. The van der Waals surface area contributed by atoms with Crippen molar-refractivity contribution in [2.24, 2.45) is 0 Å². The first-order valence-electron chi connectivity index (χ1n) is 6.18. The molecular formula is C15H13BrFN3. The van der Waals surface area contributed by atoms with E-state index in [1.165, 1.54) is 6.07 Å². The number of imidazole rings is 1. The lowest BCUT2D eigenvalue weighted by Gasteiger charge is -2.11. The summed E-state index contributed by atoms with van der Waals surface area (Å²) in [5, 5.41) is 0. The van der Waals surface area contributed by atoms with E-state index < -0.39 is 0 Å². The molecule has 0 aliphatic carbocycles. The van der Waals surface area contributed by atoms with E-state index in [0.29, 0.717) is 10.2 Å². The van der Waals surface area contributed by atoms with Gasteiger partial charge in [0.2, 0.25) is 0 Å². The van der Waals surface area contributed by atoms with Gasteiger partial charge in [-0.05, 0) is 65.7 Å². The maximum Gasteiger partial charge on any atom is 0.139 e. The molecule has 102 valence electrons. The van der Waals surface area contributed by atoms with Crippen LogP contribution in [0.3, 0.4) is 0 Å². The fourth-order valence-electron chi connectivity index (χ4n) is 2.40. The van der Waals surface area contributed by atoms with Crippen LogP contribution in [0.2, 0.25) is 0 Å². The predicted molar refractivity (Wildman–Crippen MR) is 82.6 cm³/mol. The zero-order valence-electron chi connectivity index (χ0n) is 11.1. The number of aromatic nitrogens is 2. The summed E-state index contributed by atoms with van der Waals surface area (Å²) < 4.78 is 16.3. The first kappa shape index (κ1) is 13.1. The molecule has 0 saturated heterocycles. The molecule has 20 heavy (non-hydrogen) atoms. The maximum atomic E-state index is 13.8. The van der Waals surface area contributed by atoms with Gasteiger partial charge in [0.15, 0.2) is 0 Å². The molecule has 0 spiro atoms. The summed E-state index contributed by atoms with van der Waals surface area (Å²) in [6.07, 6.45) is 0. The highest BCUT2D eigenvalue weighted by Gasteiger charge is 2.13. The van der Waals surface area contributed by atoms with Crippen LogP contribution in [0.1, 0.15) is 11.4 Å². The van der Waals surface area contributed by atoms with Crippen molar-refractivity contribution in [1.29, 1.82) is 0 Å². The Morgan fingerprint density at radius 2 is 1.95 bits per heavy atom. The molecule has 0 saturated carbocycles. The van der Waals surface area contributed by atoms with Gasteiger partial charge in [0.05, 0.1) is 21.2 Å². The topological polar surface area (TPSA) is 43.8 Å². The minimum atomic E-state index is -0.290. The molecule has 1 aromatic heterocycles. The van der Waals surface area contributed by atoms with Crippen molar-refractivity contribution in [3.63, 3.8) is 0 Å². The highest BCUT2D eigenvalue weighted by molar-refractivity contribution is 9.10. The lowest BCUT2D eigenvalue weighted by atomic mass is 10.2. The second-order valence-corrected chi connectivity index (χ2v) is 5.65. The van der Waals surface area contributed by atoms with Crippen LogP contribution in [-0.2, 0) is 0 Å². The van der Waals surface area contributed by atoms with Crippen LogP contribution in [0.5, 0.6) is 0 Å². The van der Waals surface area contributed by atoms with E-state index in [4.69, 9.17) is 5.73 Å². The summed E-state index contributed by atoms with van der Waals surface area (Å²) in [5.41, 5.74) is 9.93. The quantitative estimate of drug-likeness (QED) is 0.680. The maximum absolute atomic E-state index is 13.8. The lowest BCUT2D eigenvalue weighted by Crippen LogP contribution is -2.01. The SMILES string of the molecule is Cc1cc(Br)c(F)cc1-n1c(C)nc2cc(N)ccc21. The van der Waals surface area contributed by atoms with E-state index >= 15 is 0 Å². The van der Waals surface area contributed by atoms with E-state index in [0.717, 1.165) is 28.1 Å². The Morgan fingerprint density at radius 1 is 1.20 bits per heavy atom. The van der Waals surface area contributed by atoms with Gasteiger partial charge in [-0.2, -0.15) is 0 Å². The zero-order valence-corrected chi connectivity index (χ0v) is 12.7. The number of anilines is 1. The average molecular weight is 334 g/mol. The van der Waals surface area contributed by atoms with Gasteiger partial charge in [0, 0.05) is 5.69 Å². The number of fused-ring (bicyclic) bond motifs is 1. The second kappa shape index (κ2) is 4.59. The van der Waals surface area contributed by atoms with Crippen LogP contribution in [0.25, 0.3) is 16.7 Å². The number of nitrogens with two attached hydrogens (primary N) is 1. The fourth-order valence-corrected chi connectivity index (χ4v) is 2.86. The van der Waals surface area contributed by atoms with E-state index in [-0.39, 0.29) is 5.82 Å². The van der Waals surface area contributed by atoms with Gasteiger partial charge in [-0.25, -0.2) is 9.37 Å². The molecular weight excluding hydrogens is 321 g/mol. The number of nitrogen functional groups attached to an aromatic ring is 1. The molecule has 3 aromatic rings. The predicted octanol–water partition coefficient (Wildman–Crippen LogP) is 4.13. The van der Waals surface area contributed by atoms with E-state index in [1.54, 1.807) is 6.07 Å². The van der Waals surface area contributed by atoms with Gasteiger partial charge in [-0.15, -0.1) is 0 Å². The Kier molecular flexibility index (Phi) is 3.01. The molecule has 0 aliphatic rings. The molecule has 3 rings (SSSR count). The largest absolute Gasteiger partial charge is 0.399 e. The molecule has 0 unspecified atom stereocenters. The molecule has 0 fully saturated rings. The molecule has 0 atom stereocenters. The summed E-state index contributed by atoms with van der Waals surface area (Å²) in [6.45, 7) is 3.84. The van der Waals surface area contributed by atoms with E-state index in [1.807, 2.05) is 36.6 Å². The number of hydrogen-bond acceptors (Lipinski definition) is 2. The molecule has 2 N–H and O–H groups in total. The van der Waals surface area contributed by atoms with Crippen molar-refractivity contribution < 1.29 is 4.39 Å². The Balaban J connectivity index is 2.35. The second-order valence-electron chi connectivity index (χ2n) is 4.80. The molecule has 3 nitrogen and oxygen atoms in total. The zero-order chi connectivity index (χ0) is 14.4. The number of benzene rings is 2. The van der Waals surface area contributed by atoms with Crippen LogP contribution in [0.15, 0.2) is 34.8 Å². The fraction of sp³-hybridized carbons (Fsp3) is 0.133. The highest BCUT2D eigenvalue weighted by atomic mass is 79.9. The normalized spacial score (nSPS) is 11.2. The summed E-state index contributed by atoms with van der Waals surface area (Å²) in [4.78, 5) is 4.49. The van der Waals surface area contributed by atoms with Gasteiger partial charge in [-0.1, -0.05) is 0 Å². The standard InChI is InChI=1S/C15H13BrFN3/c1-8-5-11(16)12(17)7-15(8)20-9(2)19-13-6-10(18)3-4-14(13)20/h3-7H,18H2,1-2H3. The van der Waals surface area contributed by atoms with Crippen molar-refractivity contribution >= 4 is 32.7 Å². The van der Waals surface area contributed by atoms with Crippen LogP contribution < -0.4 is 5.73 Å². The highest BCUT2D eigenvalue weighted by Crippen LogP contribution is 2.28. The number of nitrogens with zero attached hydrogens (tertiary/aromatic N) is 2. The Labute approximate surface area is 124 Å². The van der Waals surface area contributed by atoms with Crippen LogP contribution in [-0.4, -0.2) is 9.55 Å². The van der Waals surface area contributed by atoms with E-state index in [9.17, 15) is 4.39 Å². The third-order valence-electron chi connectivity index (χ3n) is 3.33. The van der Waals surface area contributed by atoms with Gasteiger partial charge in [0.25, 0.3) is 0 Å².